The van der Waals surface area contributed by atoms with E-state index >= 15 is 0 Å². The predicted molar refractivity (Wildman–Crippen MR) is 64.4 cm³/mol. The number of rotatable bonds is 2. The lowest BCUT2D eigenvalue weighted by atomic mass is 10.3. The zero-order valence-corrected chi connectivity index (χ0v) is 10.3. The Hall–Kier alpha value is -1.20. The van der Waals surface area contributed by atoms with Crippen molar-refractivity contribution >= 4 is 39.0 Å². The van der Waals surface area contributed by atoms with Crippen LogP contribution in [0.5, 0.6) is 0 Å². The fourth-order valence-corrected chi connectivity index (χ4v) is 1.64. The number of nitrogens with zero attached hydrogens (tertiary/aromatic N) is 2. The molecule has 0 aliphatic carbocycles. The van der Waals surface area contributed by atoms with Gasteiger partial charge < -0.3 is 5.32 Å². The molecule has 0 spiro atoms. The standard InChI is InChI=1S/C10H6BrClFN3/c11-6-1-2-7(13)8(3-6)16-10-4-9(12)14-5-15-10/h1-5H,(H,14,15,16). The van der Waals surface area contributed by atoms with Crippen LogP contribution in [-0.4, -0.2) is 9.97 Å². The van der Waals surface area contributed by atoms with Gasteiger partial charge in [0, 0.05) is 10.5 Å². The first-order valence-electron chi connectivity index (χ1n) is 4.35. The Morgan fingerprint density at radius 3 is 2.81 bits per heavy atom. The molecule has 1 heterocycles. The van der Waals surface area contributed by atoms with Crippen LogP contribution < -0.4 is 5.32 Å². The Morgan fingerprint density at radius 1 is 1.25 bits per heavy atom. The first kappa shape index (κ1) is 11.3. The molecule has 0 amide bonds. The molecule has 16 heavy (non-hydrogen) atoms. The topological polar surface area (TPSA) is 37.8 Å². The van der Waals surface area contributed by atoms with Gasteiger partial charge in [-0.05, 0) is 18.2 Å². The van der Waals surface area contributed by atoms with Gasteiger partial charge in [0.2, 0.25) is 0 Å². The molecule has 0 saturated heterocycles. The van der Waals surface area contributed by atoms with Crippen LogP contribution in [0.3, 0.4) is 0 Å². The van der Waals surface area contributed by atoms with Crippen LogP contribution in [0.2, 0.25) is 5.15 Å². The maximum atomic E-state index is 13.4. The van der Waals surface area contributed by atoms with Gasteiger partial charge in [0.25, 0.3) is 0 Å². The van der Waals surface area contributed by atoms with E-state index in [-0.39, 0.29) is 5.82 Å². The summed E-state index contributed by atoms with van der Waals surface area (Å²) in [6.45, 7) is 0. The maximum Gasteiger partial charge on any atom is 0.146 e. The van der Waals surface area contributed by atoms with Gasteiger partial charge in [-0.2, -0.15) is 0 Å². The van der Waals surface area contributed by atoms with E-state index in [4.69, 9.17) is 11.6 Å². The second kappa shape index (κ2) is 4.76. The normalized spacial score (nSPS) is 10.2. The number of aromatic nitrogens is 2. The van der Waals surface area contributed by atoms with Gasteiger partial charge in [0.1, 0.15) is 23.1 Å². The summed E-state index contributed by atoms with van der Waals surface area (Å²) in [7, 11) is 0. The van der Waals surface area contributed by atoms with Crippen molar-refractivity contribution in [3.63, 3.8) is 0 Å². The maximum absolute atomic E-state index is 13.4. The first-order valence-corrected chi connectivity index (χ1v) is 5.52. The van der Waals surface area contributed by atoms with E-state index in [1.165, 1.54) is 18.5 Å². The SMILES string of the molecule is Fc1ccc(Br)cc1Nc1cc(Cl)ncn1. The van der Waals surface area contributed by atoms with Crippen LogP contribution in [0.1, 0.15) is 0 Å². The van der Waals surface area contributed by atoms with Gasteiger partial charge in [-0.1, -0.05) is 27.5 Å². The summed E-state index contributed by atoms with van der Waals surface area (Å²) in [5.74, 6) is 0.0786. The van der Waals surface area contributed by atoms with Gasteiger partial charge in [-0.3, -0.25) is 0 Å². The number of hydrogen-bond donors (Lipinski definition) is 1. The molecule has 0 saturated carbocycles. The summed E-state index contributed by atoms with van der Waals surface area (Å²) in [4.78, 5) is 7.65. The van der Waals surface area contributed by atoms with E-state index in [9.17, 15) is 4.39 Å². The Morgan fingerprint density at radius 2 is 2.06 bits per heavy atom. The number of nitrogens with one attached hydrogen (secondary N) is 1. The predicted octanol–water partition coefficient (Wildman–Crippen LogP) is 3.78. The van der Waals surface area contributed by atoms with Crippen LogP contribution in [0.15, 0.2) is 35.1 Å². The molecule has 0 aliphatic heterocycles. The third-order valence-electron chi connectivity index (χ3n) is 1.82. The number of anilines is 2. The van der Waals surface area contributed by atoms with Crippen LogP contribution in [0, 0.1) is 5.82 Å². The third kappa shape index (κ3) is 2.68. The average Bonchev–Trinajstić information content (AvgIpc) is 2.24. The minimum Gasteiger partial charge on any atom is -0.338 e. The molecule has 82 valence electrons. The van der Waals surface area contributed by atoms with Crippen molar-refractivity contribution in [2.24, 2.45) is 0 Å². The third-order valence-corrected chi connectivity index (χ3v) is 2.52. The lowest BCUT2D eigenvalue weighted by Gasteiger charge is -2.06. The average molecular weight is 303 g/mol. The monoisotopic (exact) mass is 301 g/mol. The Kier molecular flexibility index (Phi) is 3.36. The molecule has 6 heteroatoms. The smallest absolute Gasteiger partial charge is 0.146 e. The van der Waals surface area contributed by atoms with Crippen molar-refractivity contribution in [2.45, 2.75) is 0 Å². The number of hydrogen-bond acceptors (Lipinski definition) is 3. The van der Waals surface area contributed by atoms with Crippen molar-refractivity contribution in [1.82, 2.24) is 9.97 Å². The number of halogens is 3. The van der Waals surface area contributed by atoms with Gasteiger partial charge in [0.15, 0.2) is 0 Å². The molecule has 1 aromatic carbocycles. The highest BCUT2D eigenvalue weighted by Gasteiger charge is 2.04. The highest BCUT2D eigenvalue weighted by Crippen LogP contribution is 2.23. The van der Waals surface area contributed by atoms with E-state index in [0.717, 1.165) is 4.47 Å². The van der Waals surface area contributed by atoms with Crippen LogP contribution in [0.25, 0.3) is 0 Å². The fraction of sp³-hybridized carbons (Fsp3) is 0. The zero-order chi connectivity index (χ0) is 11.5. The second-order valence-electron chi connectivity index (χ2n) is 2.98. The quantitative estimate of drug-likeness (QED) is 0.858. The summed E-state index contributed by atoms with van der Waals surface area (Å²) in [5, 5.41) is 3.11. The molecular formula is C10H6BrClFN3. The minimum atomic E-state index is -0.363. The molecule has 0 radical (unpaired) electrons. The number of benzene rings is 1. The van der Waals surface area contributed by atoms with E-state index in [1.54, 1.807) is 12.1 Å². The molecular weight excluding hydrogens is 296 g/mol. The fourth-order valence-electron chi connectivity index (χ4n) is 1.13. The Balaban J connectivity index is 2.30. The van der Waals surface area contributed by atoms with Gasteiger partial charge in [0.05, 0.1) is 5.69 Å². The van der Waals surface area contributed by atoms with E-state index < -0.39 is 0 Å². The molecule has 2 aromatic rings. The Labute approximate surface area is 105 Å². The zero-order valence-electron chi connectivity index (χ0n) is 7.92. The summed E-state index contributed by atoms with van der Waals surface area (Å²) in [6.07, 6.45) is 1.31. The van der Waals surface area contributed by atoms with Crippen molar-refractivity contribution in [1.29, 1.82) is 0 Å². The highest BCUT2D eigenvalue weighted by atomic mass is 79.9. The molecule has 0 bridgehead atoms. The largest absolute Gasteiger partial charge is 0.338 e. The van der Waals surface area contributed by atoms with Crippen LogP contribution >= 0.6 is 27.5 Å². The van der Waals surface area contributed by atoms with Gasteiger partial charge in [-0.15, -0.1) is 0 Å². The molecule has 0 unspecified atom stereocenters. The lowest BCUT2D eigenvalue weighted by Crippen LogP contribution is -1.96. The lowest BCUT2D eigenvalue weighted by molar-refractivity contribution is 0.631. The highest BCUT2D eigenvalue weighted by molar-refractivity contribution is 9.10. The van der Waals surface area contributed by atoms with Gasteiger partial charge in [-0.25, -0.2) is 14.4 Å². The second-order valence-corrected chi connectivity index (χ2v) is 4.28. The van der Waals surface area contributed by atoms with E-state index in [2.05, 4.69) is 31.2 Å². The summed E-state index contributed by atoms with van der Waals surface area (Å²) < 4.78 is 14.2. The van der Waals surface area contributed by atoms with E-state index in [1.807, 2.05) is 0 Å². The van der Waals surface area contributed by atoms with Crippen LogP contribution in [0.4, 0.5) is 15.9 Å². The minimum absolute atomic E-state index is 0.299. The molecule has 2 rings (SSSR count). The molecule has 0 atom stereocenters. The van der Waals surface area contributed by atoms with Gasteiger partial charge >= 0.3 is 0 Å². The summed E-state index contributed by atoms with van der Waals surface area (Å²) in [5.41, 5.74) is 0.323. The molecule has 1 aromatic heterocycles. The molecule has 3 nitrogen and oxygen atoms in total. The first-order chi connectivity index (χ1) is 7.65. The van der Waals surface area contributed by atoms with Crippen molar-refractivity contribution in [2.75, 3.05) is 5.32 Å². The molecule has 0 aliphatic rings. The van der Waals surface area contributed by atoms with Crippen molar-refractivity contribution in [3.05, 3.63) is 46.0 Å². The summed E-state index contributed by atoms with van der Waals surface area (Å²) in [6, 6.07) is 6.11. The summed E-state index contributed by atoms with van der Waals surface area (Å²) >= 11 is 8.95. The van der Waals surface area contributed by atoms with Crippen molar-refractivity contribution < 1.29 is 4.39 Å². The van der Waals surface area contributed by atoms with Crippen molar-refractivity contribution in [3.8, 4) is 0 Å². The molecule has 1 N–H and O–H groups in total. The molecule has 0 fully saturated rings. The Bertz CT molecular complexity index is 521. The van der Waals surface area contributed by atoms with E-state index in [0.29, 0.717) is 16.7 Å². The van der Waals surface area contributed by atoms with Crippen LogP contribution in [-0.2, 0) is 0 Å².